The largest absolute Gasteiger partial charge is 0.280 e. The number of aromatic nitrogens is 1. The third kappa shape index (κ3) is 1.35. The highest BCUT2D eigenvalue weighted by Crippen LogP contribution is 2.30. The van der Waals surface area contributed by atoms with Crippen molar-refractivity contribution in [2.24, 2.45) is 0 Å². The summed E-state index contributed by atoms with van der Waals surface area (Å²) in [7, 11) is 0. The third-order valence-corrected chi connectivity index (χ3v) is 3.03. The van der Waals surface area contributed by atoms with E-state index in [4.69, 9.17) is 0 Å². The van der Waals surface area contributed by atoms with Crippen molar-refractivity contribution in [3.63, 3.8) is 0 Å². The molecule has 1 aromatic heterocycles. The fraction of sp³-hybridized carbons (Fsp3) is 0.0714. The van der Waals surface area contributed by atoms with Crippen molar-refractivity contribution in [1.29, 1.82) is 0 Å². The fourth-order valence-electron chi connectivity index (χ4n) is 2.30. The number of fused-ring (bicyclic) bond motifs is 3. The predicted octanol–water partition coefficient (Wildman–Crippen LogP) is 3.73. The molecular formula is C14H9F2NO. The Morgan fingerprint density at radius 3 is 2.39 bits per heavy atom. The number of rotatable bonds is 0. The van der Waals surface area contributed by atoms with Crippen LogP contribution in [0.15, 0.2) is 36.4 Å². The molecule has 0 fully saturated rings. The van der Waals surface area contributed by atoms with Gasteiger partial charge in [0.15, 0.2) is 11.6 Å². The maximum atomic E-state index is 13.3. The first-order valence-corrected chi connectivity index (χ1v) is 5.48. The van der Waals surface area contributed by atoms with Crippen LogP contribution in [0.3, 0.4) is 0 Å². The van der Waals surface area contributed by atoms with Gasteiger partial charge >= 0.3 is 0 Å². The van der Waals surface area contributed by atoms with Crippen LogP contribution in [0.2, 0.25) is 0 Å². The van der Waals surface area contributed by atoms with Crippen molar-refractivity contribution >= 4 is 27.7 Å². The molecule has 90 valence electrons. The van der Waals surface area contributed by atoms with Crippen LogP contribution in [0.1, 0.15) is 11.7 Å². The van der Waals surface area contributed by atoms with Gasteiger partial charge in [-0.1, -0.05) is 18.2 Å². The van der Waals surface area contributed by atoms with Crippen LogP contribution in [0.4, 0.5) is 8.78 Å². The van der Waals surface area contributed by atoms with Crippen LogP contribution in [0.25, 0.3) is 21.8 Å². The molecule has 3 rings (SSSR count). The standard InChI is InChI=1S/C14H9F2NO/c1-8(18)17-13-5-3-2-4-9(13)10-6-11(15)12(16)7-14(10)17/h2-7H,1H3. The Bertz CT molecular complexity index is 789. The van der Waals surface area contributed by atoms with Gasteiger partial charge in [-0.05, 0) is 12.1 Å². The lowest BCUT2D eigenvalue weighted by Crippen LogP contribution is -2.04. The summed E-state index contributed by atoms with van der Waals surface area (Å²) in [4.78, 5) is 11.7. The Morgan fingerprint density at radius 2 is 1.67 bits per heavy atom. The molecule has 3 aromatic rings. The van der Waals surface area contributed by atoms with E-state index in [2.05, 4.69) is 0 Å². The molecule has 2 nitrogen and oxygen atoms in total. The average Bonchev–Trinajstić information content (AvgIpc) is 2.64. The van der Waals surface area contributed by atoms with E-state index >= 15 is 0 Å². The van der Waals surface area contributed by atoms with Crippen molar-refractivity contribution < 1.29 is 13.6 Å². The first-order chi connectivity index (χ1) is 8.59. The van der Waals surface area contributed by atoms with Gasteiger partial charge in [-0.2, -0.15) is 0 Å². The van der Waals surface area contributed by atoms with Crippen molar-refractivity contribution in [3.8, 4) is 0 Å². The van der Waals surface area contributed by atoms with E-state index in [1.807, 2.05) is 0 Å². The van der Waals surface area contributed by atoms with E-state index in [1.165, 1.54) is 11.5 Å². The SMILES string of the molecule is CC(=O)n1c2ccccc2c2cc(F)c(F)cc21. The zero-order valence-electron chi connectivity index (χ0n) is 9.58. The molecule has 18 heavy (non-hydrogen) atoms. The predicted molar refractivity (Wildman–Crippen MR) is 65.7 cm³/mol. The van der Waals surface area contributed by atoms with Gasteiger partial charge in [0.05, 0.1) is 11.0 Å². The molecule has 0 spiro atoms. The Hall–Kier alpha value is -2.23. The van der Waals surface area contributed by atoms with Crippen LogP contribution in [0, 0.1) is 11.6 Å². The molecule has 0 bridgehead atoms. The second kappa shape index (κ2) is 3.63. The molecule has 0 N–H and O–H groups in total. The van der Waals surface area contributed by atoms with E-state index in [9.17, 15) is 13.6 Å². The number of hydrogen-bond donors (Lipinski definition) is 0. The number of carbonyl (C=O) groups is 1. The van der Waals surface area contributed by atoms with Gasteiger partial charge in [0, 0.05) is 23.8 Å². The minimum Gasteiger partial charge on any atom is -0.280 e. The van der Waals surface area contributed by atoms with Gasteiger partial charge in [0.1, 0.15) is 0 Å². The van der Waals surface area contributed by atoms with Gasteiger partial charge in [-0.15, -0.1) is 0 Å². The van der Waals surface area contributed by atoms with Crippen LogP contribution in [-0.4, -0.2) is 10.5 Å². The van der Waals surface area contributed by atoms with Gasteiger partial charge in [0.2, 0.25) is 5.91 Å². The molecule has 0 amide bonds. The van der Waals surface area contributed by atoms with Gasteiger partial charge in [-0.25, -0.2) is 8.78 Å². The lowest BCUT2D eigenvalue weighted by Gasteiger charge is -2.01. The van der Waals surface area contributed by atoms with Gasteiger partial charge < -0.3 is 0 Å². The molecule has 4 heteroatoms. The molecule has 0 aliphatic carbocycles. The summed E-state index contributed by atoms with van der Waals surface area (Å²) in [5, 5.41) is 1.28. The normalized spacial score (nSPS) is 11.3. The van der Waals surface area contributed by atoms with E-state index in [0.29, 0.717) is 16.4 Å². The molecular weight excluding hydrogens is 236 g/mol. The van der Waals surface area contributed by atoms with Crippen molar-refractivity contribution in [2.45, 2.75) is 6.92 Å². The average molecular weight is 245 g/mol. The molecule has 0 aliphatic heterocycles. The highest BCUT2D eigenvalue weighted by atomic mass is 19.2. The summed E-state index contributed by atoms with van der Waals surface area (Å²) >= 11 is 0. The summed E-state index contributed by atoms with van der Waals surface area (Å²) in [6.45, 7) is 1.40. The van der Waals surface area contributed by atoms with Gasteiger partial charge in [0.25, 0.3) is 0 Å². The highest BCUT2D eigenvalue weighted by molar-refractivity contribution is 6.13. The molecule has 0 saturated heterocycles. The van der Waals surface area contributed by atoms with E-state index in [1.54, 1.807) is 24.3 Å². The Balaban J connectivity index is 2.62. The zero-order valence-corrected chi connectivity index (χ0v) is 9.58. The number of carbonyl (C=O) groups excluding carboxylic acids is 1. The number of halogens is 2. The fourth-order valence-corrected chi connectivity index (χ4v) is 2.30. The maximum absolute atomic E-state index is 13.3. The smallest absolute Gasteiger partial charge is 0.228 e. The summed E-state index contributed by atoms with van der Waals surface area (Å²) in [5.74, 6) is -2.09. The first-order valence-electron chi connectivity index (χ1n) is 5.48. The topological polar surface area (TPSA) is 22.0 Å². The summed E-state index contributed by atoms with van der Waals surface area (Å²) in [5.41, 5.74) is 1.05. The molecule has 0 atom stereocenters. The molecule has 0 radical (unpaired) electrons. The molecule has 0 aliphatic rings. The minimum atomic E-state index is -0.951. The molecule has 0 saturated carbocycles. The van der Waals surface area contributed by atoms with Crippen LogP contribution < -0.4 is 0 Å². The lowest BCUT2D eigenvalue weighted by atomic mass is 10.1. The number of hydrogen-bond acceptors (Lipinski definition) is 1. The number of nitrogens with zero attached hydrogens (tertiary/aromatic N) is 1. The first kappa shape index (κ1) is 10.9. The Kier molecular flexibility index (Phi) is 2.20. The summed E-state index contributed by atoms with van der Waals surface area (Å²) < 4.78 is 28.0. The molecule has 1 heterocycles. The molecule has 0 unspecified atom stereocenters. The zero-order chi connectivity index (χ0) is 12.9. The lowest BCUT2D eigenvalue weighted by molar-refractivity contribution is 0.0946. The summed E-state index contributed by atoms with van der Waals surface area (Å²) in [6.07, 6.45) is 0. The van der Waals surface area contributed by atoms with E-state index in [-0.39, 0.29) is 5.91 Å². The van der Waals surface area contributed by atoms with E-state index < -0.39 is 11.6 Å². The second-order valence-corrected chi connectivity index (χ2v) is 4.16. The second-order valence-electron chi connectivity index (χ2n) is 4.16. The Morgan fingerprint density at radius 1 is 1.00 bits per heavy atom. The van der Waals surface area contributed by atoms with Crippen molar-refractivity contribution in [2.75, 3.05) is 0 Å². The third-order valence-electron chi connectivity index (χ3n) is 3.03. The van der Waals surface area contributed by atoms with Crippen molar-refractivity contribution in [3.05, 3.63) is 48.0 Å². The van der Waals surface area contributed by atoms with E-state index in [0.717, 1.165) is 17.5 Å². The minimum absolute atomic E-state index is 0.229. The quantitative estimate of drug-likeness (QED) is 0.591. The maximum Gasteiger partial charge on any atom is 0.228 e. The molecule has 2 aromatic carbocycles. The van der Waals surface area contributed by atoms with Crippen molar-refractivity contribution in [1.82, 2.24) is 4.57 Å². The van der Waals surface area contributed by atoms with Crippen LogP contribution in [-0.2, 0) is 0 Å². The highest BCUT2D eigenvalue weighted by Gasteiger charge is 2.15. The summed E-state index contributed by atoms with van der Waals surface area (Å²) in [6, 6.07) is 9.32. The van der Waals surface area contributed by atoms with Gasteiger partial charge in [-0.3, -0.25) is 9.36 Å². The monoisotopic (exact) mass is 245 g/mol. The Labute approximate surface area is 101 Å². The van der Waals surface area contributed by atoms with Crippen LogP contribution >= 0.6 is 0 Å². The van der Waals surface area contributed by atoms with Crippen LogP contribution in [0.5, 0.6) is 0 Å². The number of para-hydroxylation sites is 1. The number of benzene rings is 2.